The van der Waals surface area contributed by atoms with Crippen LogP contribution < -0.4 is 10.6 Å². The number of carbonyl (C=O) groups is 2. The molecule has 2 aromatic carbocycles. The van der Waals surface area contributed by atoms with E-state index in [1.165, 1.54) is 15.6 Å². The number of nitrogens with one attached hydrogen (secondary N) is 2. The van der Waals surface area contributed by atoms with Crippen LogP contribution in [0.2, 0.25) is 0 Å². The van der Waals surface area contributed by atoms with E-state index < -0.39 is 10.0 Å². The summed E-state index contributed by atoms with van der Waals surface area (Å²) in [5, 5.41) is 7.58. The summed E-state index contributed by atoms with van der Waals surface area (Å²) in [5.41, 5.74) is 0.851. The summed E-state index contributed by atoms with van der Waals surface area (Å²) < 4.78 is 27.1. The van der Waals surface area contributed by atoms with Gasteiger partial charge in [-0.25, -0.2) is 8.42 Å². The second kappa shape index (κ2) is 10.3. The summed E-state index contributed by atoms with van der Waals surface area (Å²) in [7, 11) is -3.49. The van der Waals surface area contributed by atoms with Crippen molar-refractivity contribution in [3.05, 3.63) is 82.6 Å². The van der Waals surface area contributed by atoms with Crippen molar-refractivity contribution < 1.29 is 18.0 Å². The normalized spacial score (nSPS) is 15.2. The molecule has 0 atom stereocenters. The fourth-order valence-corrected chi connectivity index (χ4v) is 5.92. The number of anilines is 1. The number of sulfonamides is 1. The van der Waals surface area contributed by atoms with E-state index in [9.17, 15) is 18.0 Å². The van der Waals surface area contributed by atoms with Gasteiger partial charge in [-0.1, -0.05) is 36.4 Å². The van der Waals surface area contributed by atoms with Gasteiger partial charge in [0.1, 0.15) is 0 Å². The van der Waals surface area contributed by atoms with Gasteiger partial charge in [-0.15, -0.1) is 11.3 Å². The second-order valence-electron chi connectivity index (χ2n) is 7.85. The van der Waals surface area contributed by atoms with Gasteiger partial charge in [-0.2, -0.15) is 4.31 Å². The number of thiophene rings is 1. The maximum absolute atomic E-state index is 12.8. The van der Waals surface area contributed by atoms with Crippen molar-refractivity contribution in [3.8, 4) is 0 Å². The van der Waals surface area contributed by atoms with Crippen LogP contribution in [0.5, 0.6) is 0 Å². The molecule has 9 heteroatoms. The van der Waals surface area contributed by atoms with Gasteiger partial charge in [0, 0.05) is 19.6 Å². The minimum Gasteiger partial charge on any atom is -0.352 e. The molecule has 0 radical (unpaired) electrons. The molecule has 0 saturated carbocycles. The molecule has 1 saturated heterocycles. The summed E-state index contributed by atoms with van der Waals surface area (Å²) in [6.45, 7) is 1.29. The van der Waals surface area contributed by atoms with Crippen molar-refractivity contribution in [1.82, 2.24) is 9.62 Å². The van der Waals surface area contributed by atoms with Crippen LogP contribution in [0.4, 0.5) is 5.69 Å². The monoisotopic (exact) mass is 483 g/mol. The van der Waals surface area contributed by atoms with E-state index in [-0.39, 0.29) is 17.7 Å². The molecule has 4 rings (SSSR count). The standard InChI is InChI=1S/C24H25N3O4S2/c28-23(20-9-4-5-10-21(20)26-24(29)22-11-6-16-32-22)25-17-18-12-14-27(15-13-18)33(30,31)19-7-2-1-3-8-19/h1-11,16,18H,12-15,17H2,(H,25,28)(H,26,29). The third-order valence-electron chi connectivity index (χ3n) is 5.67. The lowest BCUT2D eigenvalue weighted by molar-refractivity contribution is 0.0942. The quantitative estimate of drug-likeness (QED) is 0.534. The highest BCUT2D eigenvalue weighted by Crippen LogP contribution is 2.24. The van der Waals surface area contributed by atoms with Gasteiger partial charge < -0.3 is 10.6 Å². The number of nitrogens with zero attached hydrogens (tertiary/aromatic N) is 1. The lowest BCUT2D eigenvalue weighted by atomic mass is 9.98. The Morgan fingerprint density at radius 1 is 0.909 bits per heavy atom. The number of piperidine rings is 1. The number of carbonyl (C=O) groups excluding carboxylic acids is 2. The van der Waals surface area contributed by atoms with Crippen molar-refractivity contribution in [2.75, 3.05) is 25.0 Å². The molecule has 1 aliphatic heterocycles. The summed E-state index contributed by atoms with van der Waals surface area (Å²) in [6, 6.07) is 18.9. The van der Waals surface area contributed by atoms with Crippen LogP contribution in [0, 0.1) is 5.92 Å². The number of hydrogen-bond donors (Lipinski definition) is 2. The molecule has 0 spiro atoms. The second-order valence-corrected chi connectivity index (χ2v) is 10.7. The molecule has 1 aliphatic rings. The van der Waals surface area contributed by atoms with Gasteiger partial charge in [0.25, 0.3) is 11.8 Å². The van der Waals surface area contributed by atoms with E-state index in [2.05, 4.69) is 10.6 Å². The van der Waals surface area contributed by atoms with Crippen LogP contribution in [0.1, 0.15) is 32.9 Å². The molecular weight excluding hydrogens is 458 g/mol. The van der Waals surface area contributed by atoms with Gasteiger partial charge in [0.15, 0.2) is 0 Å². The van der Waals surface area contributed by atoms with Crippen molar-refractivity contribution in [1.29, 1.82) is 0 Å². The zero-order valence-corrected chi connectivity index (χ0v) is 19.6. The first-order valence-electron chi connectivity index (χ1n) is 10.7. The zero-order chi connectivity index (χ0) is 23.3. The van der Waals surface area contributed by atoms with E-state index >= 15 is 0 Å². The smallest absolute Gasteiger partial charge is 0.265 e. The maximum Gasteiger partial charge on any atom is 0.265 e. The highest BCUT2D eigenvalue weighted by Gasteiger charge is 2.29. The van der Waals surface area contributed by atoms with Crippen LogP contribution in [-0.2, 0) is 10.0 Å². The van der Waals surface area contributed by atoms with E-state index in [0.29, 0.717) is 53.5 Å². The van der Waals surface area contributed by atoms with E-state index in [0.717, 1.165) is 0 Å². The molecule has 2 heterocycles. The first-order valence-corrected chi connectivity index (χ1v) is 13.0. The number of hydrogen-bond acceptors (Lipinski definition) is 5. The molecule has 1 aromatic heterocycles. The number of para-hydroxylation sites is 1. The fraction of sp³-hybridized carbons (Fsp3) is 0.250. The summed E-state index contributed by atoms with van der Waals surface area (Å²) in [4.78, 5) is 26.1. The topological polar surface area (TPSA) is 95.6 Å². The predicted molar refractivity (Wildman–Crippen MR) is 129 cm³/mol. The Kier molecular flexibility index (Phi) is 7.22. The first-order chi connectivity index (χ1) is 15.9. The number of amides is 2. The van der Waals surface area contributed by atoms with Crippen molar-refractivity contribution in [2.24, 2.45) is 5.92 Å². The molecule has 7 nitrogen and oxygen atoms in total. The van der Waals surface area contributed by atoms with Crippen LogP contribution in [-0.4, -0.2) is 44.2 Å². The SMILES string of the molecule is O=C(Nc1ccccc1C(=O)NCC1CCN(S(=O)(=O)c2ccccc2)CC1)c1cccs1. The van der Waals surface area contributed by atoms with Crippen LogP contribution in [0.3, 0.4) is 0 Å². The molecule has 172 valence electrons. The molecular formula is C24H25N3O4S2. The summed E-state index contributed by atoms with van der Waals surface area (Å²) >= 11 is 1.33. The average Bonchev–Trinajstić information content (AvgIpc) is 3.39. The highest BCUT2D eigenvalue weighted by molar-refractivity contribution is 7.89. The third-order valence-corrected chi connectivity index (χ3v) is 8.45. The van der Waals surface area contributed by atoms with Crippen LogP contribution in [0.25, 0.3) is 0 Å². The zero-order valence-electron chi connectivity index (χ0n) is 17.9. The molecule has 2 N–H and O–H groups in total. The minimum atomic E-state index is -3.49. The van der Waals surface area contributed by atoms with Gasteiger partial charge in [-0.05, 0) is 54.5 Å². The highest BCUT2D eigenvalue weighted by atomic mass is 32.2. The molecule has 3 aromatic rings. The van der Waals surface area contributed by atoms with Crippen LogP contribution in [0.15, 0.2) is 77.0 Å². The lowest BCUT2D eigenvalue weighted by Crippen LogP contribution is -2.41. The predicted octanol–water partition coefficient (Wildman–Crippen LogP) is 3.83. The maximum atomic E-state index is 12.8. The van der Waals surface area contributed by atoms with Gasteiger partial charge >= 0.3 is 0 Å². The van der Waals surface area contributed by atoms with Gasteiger partial charge in [-0.3, -0.25) is 9.59 Å². The van der Waals surface area contributed by atoms with Gasteiger partial charge in [0.05, 0.1) is 21.0 Å². The summed E-state index contributed by atoms with van der Waals surface area (Å²) in [5.74, 6) is -0.335. The largest absolute Gasteiger partial charge is 0.352 e. The average molecular weight is 484 g/mol. The Morgan fingerprint density at radius 3 is 2.30 bits per heavy atom. The minimum absolute atomic E-state index is 0.184. The van der Waals surface area contributed by atoms with Crippen molar-refractivity contribution in [3.63, 3.8) is 0 Å². The van der Waals surface area contributed by atoms with Crippen LogP contribution >= 0.6 is 11.3 Å². The molecule has 1 fully saturated rings. The Labute approximate surface area is 197 Å². The Balaban J connectivity index is 1.32. The Morgan fingerprint density at radius 2 is 1.61 bits per heavy atom. The van der Waals surface area contributed by atoms with E-state index in [4.69, 9.17) is 0 Å². The van der Waals surface area contributed by atoms with Crippen molar-refractivity contribution in [2.45, 2.75) is 17.7 Å². The summed E-state index contributed by atoms with van der Waals surface area (Å²) in [6.07, 6.45) is 1.34. The first kappa shape index (κ1) is 23.2. The molecule has 2 amide bonds. The van der Waals surface area contributed by atoms with Gasteiger partial charge in [0.2, 0.25) is 10.0 Å². The number of benzene rings is 2. The molecule has 33 heavy (non-hydrogen) atoms. The molecule has 0 unspecified atom stereocenters. The van der Waals surface area contributed by atoms with Crippen molar-refractivity contribution >= 4 is 38.9 Å². The Hall–Kier alpha value is -3.01. The number of rotatable bonds is 7. The fourth-order valence-electron chi connectivity index (χ4n) is 3.81. The Bertz CT molecular complexity index is 1200. The lowest BCUT2D eigenvalue weighted by Gasteiger charge is -2.31. The van der Waals surface area contributed by atoms with E-state index in [1.54, 1.807) is 66.7 Å². The van der Waals surface area contributed by atoms with E-state index in [1.807, 2.05) is 5.38 Å². The third kappa shape index (κ3) is 5.50. The molecule has 0 aliphatic carbocycles. The molecule has 0 bridgehead atoms.